The number of nitrogens with zero attached hydrogens (tertiary/aromatic N) is 3. The van der Waals surface area contributed by atoms with Gasteiger partial charge < -0.3 is 15.1 Å². The Morgan fingerprint density at radius 3 is 2.76 bits per heavy atom. The topological polar surface area (TPSA) is 30.9 Å². The predicted octanol–water partition coefficient (Wildman–Crippen LogP) is 2.95. The lowest BCUT2D eigenvalue weighted by molar-refractivity contribution is 0.158. The molecule has 0 spiro atoms. The zero-order valence-electron chi connectivity index (χ0n) is 14.7. The molecule has 1 atom stereocenters. The Balaban J connectivity index is 2.11. The molecular weight excluding hydrogens is 260 g/mol. The van der Waals surface area contributed by atoms with E-state index in [1.54, 1.807) is 0 Å². The average Bonchev–Trinajstić information content (AvgIpc) is 2.50. The molecule has 0 saturated carbocycles. The van der Waals surface area contributed by atoms with E-state index in [0.29, 0.717) is 0 Å². The summed E-state index contributed by atoms with van der Waals surface area (Å²) in [4.78, 5) is 9.25. The second-order valence-corrected chi connectivity index (χ2v) is 6.34. The van der Waals surface area contributed by atoms with Crippen molar-refractivity contribution in [1.82, 2.24) is 15.1 Å². The van der Waals surface area contributed by atoms with Gasteiger partial charge in [-0.1, -0.05) is 19.8 Å². The van der Waals surface area contributed by atoms with E-state index in [1.807, 2.05) is 7.05 Å². The Kier molecular flexibility index (Phi) is 9.48. The lowest BCUT2D eigenvalue weighted by Gasteiger charge is -2.33. The second kappa shape index (κ2) is 10.9. The summed E-state index contributed by atoms with van der Waals surface area (Å²) in [5.74, 6) is 1.04. The number of aliphatic imine (C=N–C) groups is 1. The van der Waals surface area contributed by atoms with Crippen LogP contribution in [0, 0.1) is 0 Å². The third-order valence-corrected chi connectivity index (χ3v) is 4.52. The quantitative estimate of drug-likeness (QED) is 0.424. The molecule has 21 heavy (non-hydrogen) atoms. The van der Waals surface area contributed by atoms with Crippen LogP contribution in [0.25, 0.3) is 0 Å². The number of nitrogens with one attached hydrogen (secondary N) is 1. The summed E-state index contributed by atoms with van der Waals surface area (Å²) in [5.41, 5.74) is 0. The molecule has 1 aliphatic rings. The van der Waals surface area contributed by atoms with Gasteiger partial charge in [0, 0.05) is 33.2 Å². The summed E-state index contributed by atoms with van der Waals surface area (Å²) in [7, 11) is 4.00. The van der Waals surface area contributed by atoms with Crippen molar-refractivity contribution in [3.05, 3.63) is 0 Å². The largest absolute Gasteiger partial charge is 0.356 e. The van der Waals surface area contributed by atoms with Gasteiger partial charge in [-0.15, -0.1) is 0 Å². The zero-order valence-corrected chi connectivity index (χ0v) is 14.7. The molecule has 1 heterocycles. The first-order chi connectivity index (χ1) is 10.2. The molecular formula is C17H36N4. The molecule has 1 fully saturated rings. The minimum atomic E-state index is 0.791. The smallest absolute Gasteiger partial charge is 0.193 e. The van der Waals surface area contributed by atoms with Gasteiger partial charge >= 0.3 is 0 Å². The van der Waals surface area contributed by atoms with E-state index in [2.05, 4.69) is 41.0 Å². The van der Waals surface area contributed by atoms with Crippen molar-refractivity contribution >= 4 is 5.96 Å². The van der Waals surface area contributed by atoms with E-state index in [0.717, 1.165) is 25.1 Å². The number of likely N-dealkylation sites (tertiary alicyclic amines) is 1. The van der Waals surface area contributed by atoms with Crippen LogP contribution < -0.4 is 5.32 Å². The predicted molar refractivity (Wildman–Crippen MR) is 93.0 cm³/mol. The lowest BCUT2D eigenvalue weighted by atomic mass is 10.0. The number of piperidine rings is 1. The van der Waals surface area contributed by atoms with Gasteiger partial charge in [-0.05, 0) is 52.1 Å². The van der Waals surface area contributed by atoms with Crippen LogP contribution in [0.5, 0.6) is 0 Å². The summed E-state index contributed by atoms with van der Waals surface area (Å²) in [6.45, 7) is 9.28. The highest BCUT2D eigenvalue weighted by Gasteiger charge is 2.16. The molecule has 0 amide bonds. The van der Waals surface area contributed by atoms with E-state index in [1.165, 1.54) is 58.0 Å². The molecule has 0 aromatic rings. The van der Waals surface area contributed by atoms with Crippen LogP contribution in [0.2, 0.25) is 0 Å². The first-order valence-corrected chi connectivity index (χ1v) is 8.84. The van der Waals surface area contributed by atoms with Crippen molar-refractivity contribution in [2.75, 3.05) is 40.3 Å². The van der Waals surface area contributed by atoms with Crippen LogP contribution in [-0.2, 0) is 0 Å². The van der Waals surface area contributed by atoms with E-state index in [-0.39, 0.29) is 0 Å². The Labute approximate surface area is 132 Å². The molecule has 4 nitrogen and oxygen atoms in total. The molecule has 0 radical (unpaired) electrons. The van der Waals surface area contributed by atoms with Crippen LogP contribution in [0.3, 0.4) is 0 Å². The van der Waals surface area contributed by atoms with Gasteiger partial charge in [-0.25, -0.2) is 0 Å². The van der Waals surface area contributed by atoms with E-state index >= 15 is 0 Å². The highest BCUT2D eigenvalue weighted by atomic mass is 15.3. The van der Waals surface area contributed by atoms with Gasteiger partial charge in [0.1, 0.15) is 0 Å². The van der Waals surface area contributed by atoms with E-state index < -0.39 is 0 Å². The van der Waals surface area contributed by atoms with Crippen molar-refractivity contribution in [3.8, 4) is 0 Å². The maximum Gasteiger partial charge on any atom is 0.193 e. The summed E-state index contributed by atoms with van der Waals surface area (Å²) < 4.78 is 0. The molecule has 1 N–H and O–H groups in total. The molecule has 0 aromatic carbocycles. The number of guanidine groups is 1. The number of unbranched alkanes of at least 4 members (excludes halogenated alkanes) is 2. The molecule has 1 unspecified atom stereocenters. The molecule has 0 bridgehead atoms. The maximum absolute atomic E-state index is 4.36. The monoisotopic (exact) mass is 296 g/mol. The SMILES string of the molecule is CCCCN(C)C(=NC)NCCCCN1CCCCC1C. The van der Waals surface area contributed by atoms with Crippen LogP contribution in [0.15, 0.2) is 4.99 Å². The molecule has 0 aromatic heterocycles. The fraction of sp³-hybridized carbons (Fsp3) is 0.941. The molecule has 124 valence electrons. The van der Waals surface area contributed by atoms with Gasteiger partial charge in [0.05, 0.1) is 0 Å². The fourth-order valence-electron chi connectivity index (χ4n) is 3.02. The minimum absolute atomic E-state index is 0.791. The van der Waals surface area contributed by atoms with E-state index in [9.17, 15) is 0 Å². The first-order valence-electron chi connectivity index (χ1n) is 8.84. The van der Waals surface area contributed by atoms with Crippen molar-refractivity contribution < 1.29 is 0 Å². The zero-order chi connectivity index (χ0) is 15.5. The summed E-state index contributed by atoms with van der Waals surface area (Å²) >= 11 is 0. The molecule has 1 aliphatic heterocycles. The van der Waals surface area contributed by atoms with Gasteiger partial charge in [-0.3, -0.25) is 4.99 Å². The van der Waals surface area contributed by atoms with Gasteiger partial charge in [0.2, 0.25) is 0 Å². The molecule has 1 rings (SSSR count). The summed E-state index contributed by atoms with van der Waals surface area (Å²) in [5, 5.41) is 3.48. The van der Waals surface area contributed by atoms with Gasteiger partial charge in [0.25, 0.3) is 0 Å². The van der Waals surface area contributed by atoms with Crippen LogP contribution in [-0.4, -0.2) is 62.1 Å². The van der Waals surface area contributed by atoms with Crippen molar-refractivity contribution in [1.29, 1.82) is 0 Å². The first kappa shape index (κ1) is 18.3. The minimum Gasteiger partial charge on any atom is -0.356 e. The van der Waals surface area contributed by atoms with Crippen molar-refractivity contribution in [2.45, 2.75) is 64.8 Å². The van der Waals surface area contributed by atoms with Crippen LogP contribution in [0.1, 0.15) is 58.8 Å². The Morgan fingerprint density at radius 2 is 2.10 bits per heavy atom. The number of rotatable bonds is 8. The van der Waals surface area contributed by atoms with Gasteiger partial charge in [-0.2, -0.15) is 0 Å². The second-order valence-electron chi connectivity index (χ2n) is 6.34. The van der Waals surface area contributed by atoms with Gasteiger partial charge in [0.15, 0.2) is 5.96 Å². The average molecular weight is 297 g/mol. The number of hydrogen-bond acceptors (Lipinski definition) is 2. The van der Waals surface area contributed by atoms with Crippen LogP contribution in [0.4, 0.5) is 0 Å². The van der Waals surface area contributed by atoms with E-state index in [4.69, 9.17) is 0 Å². The summed E-state index contributed by atoms with van der Waals surface area (Å²) in [6, 6.07) is 0.791. The van der Waals surface area contributed by atoms with Crippen LogP contribution >= 0.6 is 0 Å². The highest BCUT2D eigenvalue weighted by molar-refractivity contribution is 5.79. The Hall–Kier alpha value is -0.770. The molecule has 1 saturated heterocycles. The molecule has 4 heteroatoms. The highest BCUT2D eigenvalue weighted by Crippen LogP contribution is 2.16. The number of hydrogen-bond donors (Lipinski definition) is 1. The standard InChI is InChI=1S/C17H36N4/c1-5-6-13-20(4)17(18-3)19-12-8-10-15-21-14-9-7-11-16(21)2/h16H,5-15H2,1-4H3,(H,18,19). The third-order valence-electron chi connectivity index (χ3n) is 4.52. The summed E-state index contributed by atoms with van der Waals surface area (Å²) in [6.07, 6.45) is 9.15. The van der Waals surface area contributed by atoms with Crippen molar-refractivity contribution in [2.24, 2.45) is 4.99 Å². The Bertz CT molecular complexity index is 291. The fourth-order valence-corrected chi connectivity index (χ4v) is 3.02. The maximum atomic E-state index is 4.36. The molecule has 0 aliphatic carbocycles. The Morgan fingerprint density at radius 1 is 1.29 bits per heavy atom. The lowest BCUT2D eigenvalue weighted by Crippen LogP contribution is -2.40. The van der Waals surface area contributed by atoms with Crippen molar-refractivity contribution in [3.63, 3.8) is 0 Å². The third kappa shape index (κ3) is 7.16. The normalized spacial score (nSPS) is 20.6.